The second-order valence-electron chi connectivity index (χ2n) is 5.79. The average molecular weight is 369 g/mol. The highest BCUT2D eigenvalue weighted by Crippen LogP contribution is 2.16. The summed E-state index contributed by atoms with van der Waals surface area (Å²) in [6, 6.07) is 12.4. The Hall–Kier alpha value is -2.80. The molecule has 1 N–H and O–H groups in total. The molecule has 6 nitrogen and oxygen atoms in total. The summed E-state index contributed by atoms with van der Waals surface area (Å²) in [6.07, 6.45) is 1.77. The molecule has 0 atom stereocenters. The van der Waals surface area contributed by atoms with Crippen LogP contribution in [0.3, 0.4) is 0 Å². The molecule has 7 heteroatoms. The lowest BCUT2D eigenvalue weighted by Crippen LogP contribution is -2.16. The number of nitrogens with zero attached hydrogens (tertiary/aromatic N) is 2. The van der Waals surface area contributed by atoms with Gasteiger partial charge in [-0.25, -0.2) is 4.98 Å². The van der Waals surface area contributed by atoms with Gasteiger partial charge in [0.25, 0.3) is 5.56 Å². The van der Waals surface area contributed by atoms with Crippen molar-refractivity contribution >= 4 is 29.0 Å². The molecule has 0 saturated heterocycles. The minimum absolute atomic E-state index is 0.103. The Bertz CT molecular complexity index is 983. The topological polar surface area (TPSA) is 72.7 Å². The maximum Gasteiger partial charge on any atom is 0.258 e. The van der Waals surface area contributed by atoms with Crippen LogP contribution in [0, 0.1) is 6.92 Å². The van der Waals surface area contributed by atoms with E-state index in [1.807, 2.05) is 19.1 Å². The van der Waals surface area contributed by atoms with Gasteiger partial charge in [-0.15, -0.1) is 11.8 Å². The molecule has 0 bridgehead atoms. The number of aryl methyl sites for hydroxylation is 1. The molecule has 0 radical (unpaired) electrons. The van der Waals surface area contributed by atoms with Crippen molar-refractivity contribution in [2.24, 2.45) is 0 Å². The van der Waals surface area contributed by atoms with Gasteiger partial charge >= 0.3 is 0 Å². The molecule has 0 aliphatic carbocycles. The number of hydrogen-bond acceptors (Lipinski definition) is 5. The third-order valence-electron chi connectivity index (χ3n) is 3.72. The van der Waals surface area contributed by atoms with Gasteiger partial charge in [0.05, 0.1) is 18.6 Å². The maximum atomic E-state index is 12.2. The van der Waals surface area contributed by atoms with Crippen molar-refractivity contribution < 1.29 is 9.53 Å². The average Bonchev–Trinajstić information content (AvgIpc) is 2.63. The molecule has 0 fully saturated rings. The highest BCUT2D eigenvalue weighted by Gasteiger charge is 2.06. The standard InChI is InChI=1S/C19H19N3O3S/c1-13-3-8-17-20-15(9-19(24)22(17)10-13)11-26-12-18(23)21-14-4-6-16(25-2)7-5-14/h3-10H,11-12H2,1-2H3,(H,21,23). The fraction of sp³-hybridized carbons (Fsp3) is 0.211. The summed E-state index contributed by atoms with van der Waals surface area (Å²) in [6.45, 7) is 1.93. The Morgan fingerprint density at radius 2 is 2.00 bits per heavy atom. The molecule has 26 heavy (non-hydrogen) atoms. The van der Waals surface area contributed by atoms with Gasteiger partial charge in [-0.1, -0.05) is 6.07 Å². The van der Waals surface area contributed by atoms with Gasteiger partial charge in [0.15, 0.2) is 0 Å². The third-order valence-corrected chi connectivity index (χ3v) is 4.68. The number of amides is 1. The Morgan fingerprint density at radius 1 is 1.23 bits per heavy atom. The first-order chi connectivity index (χ1) is 12.5. The molecule has 134 valence electrons. The number of carbonyl (C=O) groups is 1. The lowest BCUT2D eigenvalue weighted by atomic mass is 10.3. The molecule has 1 amide bonds. The molecule has 3 rings (SSSR count). The van der Waals surface area contributed by atoms with Gasteiger partial charge in [0.1, 0.15) is 11.4 Å². The first-order valence-electron chi connectivity index (χ1n) is 8.06. The zero-order valence-electron chi connectivity index (χ0n) is 14.6. The predicted molar refractivity (Wildman–Crippen MR) is 104 cm³/mol. The quantitative estimate of drug-likeness (QED) is 0.723. The van der Waals surface area contributed by atoms with Crippen molar-refractivity contribution in [3.8, 4) is 5.75 Å². The fourth-order valence-corrected chi connectivity index (χ4v) is 3.17. The van der Waals surface area contributed by atoms with E-state index in [1.165, 1.54) is 22.2 Å². The smallest absolute Gasteiger partial charge is 0.258 e. The van der Waals surface area contributed by atoms with E-state index in [9.17, 15) is 9.59 Å². The Balaban J connectivity index is 1.57. The summed E-state index contributed by atoms with van der Waals surface area (Å²) < 4.78 is 6.61. The molecule has 0 unspecified atom stereocenters. The van der Waals surface area contributed by atoms with Crippen molar-refractivity contribution in [1.82, 2.24) is 9.38 Å². The van der Waals surface area contributed by atoms with Gasteiger partial charge in [-0.2, -0.15) is 0 Å². The number of pyridine rings is 1. The van der Waals surface area contributed by atoms with E-state index in [4.69, 9.17) is 4.74 Å². The normalized spacial score (nSPS) is 10.7. The summed E-state index contributed by atoms with van der Waals surface area (Å²) >= 11 is 1.41. The number of rotatable bonds is 6. The number of aromatic nitrogens is 2. The molecule has 1 aromatic carbocycles. The second kappa shape index (κ2) is 8.05. The molecule has 0 spiro atoms. The van der Waals surface area contributed by atoms with E-state index in [0.717, 1.165) is 11.3 Å². The number of carbonyl (C=O) groups excluding carboxylic acids is 1. The summed E-state index contributed by atoms with van der Waals surface area (Å²) in [5, 5.41) is 2.83. The molecule has 3 aromatic rings. The van der Waals surface area contributed by atoms with E-state index in [1.54, 1.807) is 37.6 Å². The van der Waals surface area contributed by atoms with Crippen LogP contribution in [0.25, 0.3) is 5.65 Å². The van der Waals surface area contributed by atoms with Crippen molar-refractivity contribution in [2.45, 2.75) is 12.7 Å². The van der Waals surface area contributed by atoms with Crippen LogP contribution in [0.15, 0.2) is 53.5 Å². The molecule has 2 aromatic heterocycles. The summed E-state index contributed by atoms with van der Waals surface area (Å²) in [7, 11) is 1.60. The highest BCUT2D eigenvalue weighted by atomic mass is 32.2. The van der Waals surface area contributed by atoms with Crippen molar-refractivity contribution in [3.63, 3.8) is 0 Å². The molecular weight excluding hydrogens is 350 g/mol. The Labute approximate surface area is 155 Å². The number of thioether (sulfide) groups is 1. The minimum Gasteiger partial charge on any atom is -0.497 e. The highest BCUT2D eigenvalue weighted by molar-refractivity contribution is 7.99. The van der Waals surface area contributed by atoms with E-state index in [2.05, 4.69) is 10.3 Å². The summed E-state index contributed by atoms with van der Waals surface area (Å²) in [4.78, 5) is 28.7. The molecule has 2 heterocycles. The van der Waals surface area contributed by atoms with E-state index >= 15 is 0 Å². The Kier molecular flexibility index (Phi) is 5.58. The van der Waals surface area contributed by atoms with Crippen LogP contribution in [0.1, 0.15) is 11.3 Å². The largest absolute Gasteiger partial charge is 0.497 e. The van der Waals surface area contributed by atoms with Crippen molar-refractivity contribution in [2.75, 3.05) is 18.2 Å². The van der Waals surface area contributed by atoms with Gasteiger partial charge in [-0.3, -0.25) is 14.0 Å². The number of anilines is 1. The van der Waals surface area contributed by atoms with Crippen LogP contribution in [-0.2, 0) is 10.5 Å². The Morgan fingerprint density at radius 3 is 2.73 bits per heavy atom. The zero-order chi connectivity index (χ0) is 18.5. The number of ether oxygens (including phenoxy) is 1. The van der Waals surface area contributed by atoms with Gasteiger partial charge in [-0.05, 0) is 42.8 Å². The van der Waals surface area contributed by atoms with Crippen molar-refractivity contribution in [1.29, 1.82) is 0 Å². The first kappa shape index (κ1) is 18.0. The fourth-order valence-electron chi connectivity index (χ4n) is 2.45. The first-order valence-corrected chi connectivity index (χ1v) is 9.21. The van der Waals surface area contributed by atoms with Crippen LogP contribution >= 0.6 is 11.8 Å². The van der Waals surface area contributed by atoms with Crippen molar-refractivity contribution in [3.05, 3.63) is 70.3 Å². The molecular formula is C19H19N3O3S. The monoisotopic (exact) mass is 369 g/mol. The lowest BCUT2D eigenvalue weighted by molar-refractivity contribution is -0.113. The third kappa shape index (κ3) is 4.43. The number of nitrogens with one attached hydrogen (secondary N) is 1. The van der Waals surface area contributed by atoms with Crippen LogP contribution in [0.4, 0.5) is 5.69 Å². The molecule has 0 aliphatic heterocycles. The second-order valence-corrected chi connectivity index (χ2v) is 6.78. The SMILES string of the molecule is COc1ccc(NC(=O)CSCc2cc(=O)n3cc(C)ccc3n2)cc1. The number of fused-ring (bicyclic) bond motifs is 1. The summed E-state index contributed by atoms with van der Waals surface area (Å²) in [5.41, 5.74) is 2.88. The lowest BCUT2D eigenvalue weighted by Gasteiger charge is -2.07. The van der Waals surface area contributed by atoms with E-state index in [-0.39, 0.29) is 17.2 Å². The van der Waals surface area contributed by atoms with Crippen LogP contribution in [0.2, 0.25) is 0 Å². The number of benzene rings is 1. The van der Waals surface area contributed by atoms with Gasteiger partial charge in [0.2, 0.25) is 5.91 Å². The molecule has 0 aliphatic rings. The zero-order valence-corrected chi connectivity index (χ0v) is 15.4. The van der Waals surface area contributed by atoms with Gasteiger partial charge < -0.3 is 10.1 Å². The predicted octanol–water partition coefficient (Wildman–Crippen LogP) is 2.88. The van der Waals surface area contributed by atoms with E-state index in [0.29, 0.717) is 22.8 Å². The minimum atomic E-state index is -0.114. The molecule has 0 saturated carbocycles. The number of methoxy groups -OCH3 is 1. The van der Waals surface area contributed by atoms with Crippen LogP contribution < -0.4 is 15.6 Å². The van der Waals surface area contributed by atoms with Crippen LogP contribution in [0.5, 0.6) is 5.75 Å². The number of hydrogen-bond donors (Lipinski definition) is 1. The van der Waals surface area contributed by atoms with E-state index < -0.39 is 0 Å². The summed E-state index contributed by atoms with van der Waals surface area (Å²) in [5.74, 6) is 1.41. The van der Waals surface area contributed by atoms with Crippen LogP contribution in [-0.4, -0.2) is 28.2 Å². The maximum absolute atomic E-state index is 12.2. The van der Waals surface area contributed by atoms with Gasteiger partial charge in [0, 0.05) is 23.7 Å².